The minimum atomic E-state index is -0.150. The number of oxazole rings is 1. The molecule has 1 N–H and O–H groups in total. The molecule has 1 fully saturated rings. The average molecular weight is 473 g/mol. The Balaban J connectivity index is 1.18. The van der Waals surface area contributed by atoms with Gasteiger partial charge < -0.3 is 24.1 Å². The number of piperazine rings is 1. The van der Waals surface area contributed by atoms with Crippen molar-refractivity contribution in [3.8, 4) is 22.6 Å². The van der Waals surface area contributed by atoms with Crippen LogP contribution in [0, 0.1) is 0 Å². The number of carbonyl (C=O) groups excluding carboxylic acids is 1. The van der Waals surface area contributed by atoms with Gasteiger partial charge in [-0.05, 0) is 35.4 Å². The van der Waals surface area contributed by atoms with Gasteiger partial charge in [0.2, 0.25) is 5.89 Å². The summed E-state index contributed by atoms with van der Waals surface area (Å²) in [6.07, 6.45) is 0. The molecule has 1 saturated heterocycles. The zero-order chi connectivity index (χ0) is 24.2. The molecule has 0 spiro atoms. The van der Waals surface area contributed by atoms with Crippen LogP contribution in [0.4, 0.5) is 10.5 Å². The molecule has 0 radical (unpaired) electrons. The van der Waals surface area contributed by atoms with Gasteiger partial charge in [0.05, 0.1) is 26.5 Å². The van der Waals surface area contributed by atoms with Gasteiger partial charge in [-0.1, -0.05) is 36.4 Å². The van der Waals surface area contributed by atoms with Crippen molar-refractivity contribution in [1.29, 1.82) is 0 Å². The van der Waals surface area contributed by atoms with E-state index < -0.39 is 0 Å². The third kappa shape index (κ3) is 5.07. The number of benzene rings is 3. The molecule has 0 atom stereocenters. The Bertz CT molecular complexity index is 1310. The summed E-state index contributed by atoms with van der Waals surface area (Å²) >= 11 is 0. The summed E-state index contributed by atoms with van der Waals surface area (Å²) in [6.45, 7) is 3.31. The lowest BCUT2D eigenvalue weighted by atomic mass is 10.1. The predicted molar refractivity (Wildman–Crippen MR) is 135 cm³/mol. The topological polar surface area (TPSA) is 80.1 Å². The number of ether oxygens (including phenoxy) is 2. The van der Waals surface area contributed by atoms with Gasteiger partial charge in [0, 0.05) is 32.2 Å². The van der Waals surface area contributed by atoms with E-state index in [-0.39, 0.29) is 6.03 Å². The Morgan fingerprint density at radius 3 is 2.49 bits per heavy atom. The highest BCUT2D eigenvalue weighted by Gasteiger charge is 2.23. The van der Waals surface area contributed by atoms with Crippen LogP contribution in [0.2, 0.25) is 0 Å². The molecule has 35 heavy (non-hydrogen) atoms. The third-order valence-corrected chi connectivity index (χ3v) is 6.21. The SMILES string of the molecule is COc1ccc(NC(=O)N2CCN(Cc3nc4cc(-c5ccccc5)ccc4o3)CC2)c(OC)c1. The number of hydrogen-bond donors (Lipinski definition) is 1. The van der Waals surface area contributed by atoms with Crippen LogP contribution in [-0.2, 0) is 6.54 Å². The smallest absolute Gasteiger partial charge is 0.322 e. The highest BCUT2D eigenvalue weighted by molar-refractivity contribution is 5.91. The van der Waals surface area contributed by atoms with E-state index in [4.69, 9.17) is 18.9 Å². The molecule has 0 unspecified atom stereocenters. The summed E-state index contributed by atoms with van der Waals surface area (Å²) in [7, 11) is 3.16. The van der Waals surface area contributed by atoms with Crippen molar-refractivity contribution in [3.05, 3.63) is 72.6 Å². The average Bonchev–Trinajstić information content (AvgIpc) is 3.31. The van der Waals surface area contributed by atoms with Gasteiger partial charge in [-0.25, -0.2) is 9.78 Å². The molecule has 180 valence electrons. The van der Waals surface area contributed by atoms with Crippen LogP contribution in [0.25, 0.3) is 22.2 Å². The van der Waals surface area contributed by atoms with Gasteiger partial charge in [0.1, 0.15) is 17.0 Å². The van der Waals surface area contributed by atoms with E-state index in [0.29, 0.717) is 42.7 Å². The molecule has 3 aromatic carbocycles. The van der Waals surface area contributed by atoms with E-state index >= 15 is 0 Å². The number of carbonyl (C=O) groups is 1. The number of aromatic nitrogens is 1. The summed E-state index contributed by atoms with van der Waals surface area (Å²) in [5.41, 5.74) is 4.52. The second kappa shape index (κ2) is 10.1. The molecule has 1 aliphatic rings. The molecule has 0 bridgehead atoms. The maximum absolute atomic E-state index is 12.8. The molecule has 1 aromatic heterocycles. The number of nitrogens with zero attached hydrogens (tertiary/aromatic N) is 3. The van der Waals surface area contributed by atoms with Crippen LogP contribution in [0.1, 0.15) is 5.89 Å². The first kappa shape index (κ1) is 22.7. The van der Waals surface area contributed by atoms with Gasteiger partial charge in [-0.15, -0.1) is 0 Å². The Labute approximate surface area is 204 Å². The van der Waals surface area contributed by atoms with Crippen molar-refractivity contribution >= 4 is 22.8 Å². The largest absolute Gasteiger partial charge is 0.497 e. The molecule has 1 aliphatic heterocycles. The summed E-state index contributed by atoms with van der Waals surface area (Å²) in [4.78, 5) is 21.6. The van der Waals surface area contributed by atoms with Gasteiger partial charge in [-0.3, -0.25) is 4.90 Å². The van der Waals surface area contributed by atoms with E-state index in [1.807, 2.05) is 24.3 Å². The fraction of sp³-hybridized carbons (Fsp3) is 0.259. The number of nitrogens with one attached hydrogen (secondary N) is 1. The van der Waals surface area contributed by atoms with Gasteiger partial charge >= 0.3 is 6.03 Å². The fourth-order valence-corrected chi connectivity index (χ4v) is 4.25. The summed E-state index contributed by atoms with van der Waals surface area (Å²) < 4.78 is 16.6. The molecule has 8 nitrogen and oxygen atoms in total. The zero-order valence-corrected chi connectivity index (χ0v) is 19.9. The first-order valence-corrected chi connectivity index (χ1v) is 11.6. The first-order chi connectivity index (χ1) is 17.1. The Kier molecular flexibility index (Phi) is 6.54. The Hall–Kier alpha value is -4.04. The van der Waals surface area contributed by atoms with Crippen molar-refractivity contribution in [2.45, 2.75) is 6.54 Å². The van der Waals surface area contributed by atoms with E-state index in [0.717, 1.165) is 35.3 Å². The standard InChI is InChI=1S/C27H28N4O4/c1-33-21-9-10-22(25(17-21)34-2)29-27(32)31-14-12-30(13-15-31)18-26-28-23-16-20(8-11-24(23)35-26)19-6-4-3-5-7-19/h3-11,16-17H,12-15,18H2,1-2H3,(H,29,32). The monoisotopic (exact) mass is 472 g/mol. The number of anilines is 1. The predicted octanol–water partition coefficient (Wildman–Crippen LogP) is 4.86. The van der Waals surface area contributed by atoms with E-state index in [9.17, 15) is 4.79 Å². The molecule has 8 heteroatoms. The van der Waals surface area contributed by atoms with Crippen LogP contribution >= 0.6 is 0 Å². The molecule has 5 rings (SSSR count). The minimum absolute atomic E-state index is 0.150. The molecule has 0 saturated carbocycles. The second-order valence-corrected chi connectivity index (χ2v) is 8.42. The van der Waals surface area contributed by atoms with Crippen LogP contribution < -0.4 is 14.8 Å². The minimum Gasteiger partial charge on any atom is -0.497 e. The van der Waals surface area contributed by atoms with E-state index in [2.05, 4.69) is 34.5 Å². The Morgan fingerprint density at radius 2 is 1.74 bits per heavy atom. The zero-order valence-electron chi connectivity index (χ0n) is 19.9. The maximum Gasteiger partial charge on any atom is 0.322 e. The highest BCUT2D eigenvalue weighted by atomic mass is 16.5. The number of amides is 2. The van der Waals surface area contributed by atoms with Crippen molar-refractivity contribution in [3.63, 3.8) is 0 Å². The van der Waals surface area contributed by atoms with Crippen LogP contribution in [-0.4, -0.2) is 61.2 Å². The molecule has 2 amide bonds. The highest BCUT2D eigenvalue weighted by Crippen LogP contribution is 2.29. The Morgan fingerprint density at radius 1 is 0.943 bits per heavy atom. The quantitative estimate of drug-likeness (QED) is 0.432. The number of methoxy groups -OCH3 is 2. The molecule has 2 heterocycles. The first-order valence-electron chi connectivity index (χ1n) is 11.6. The summed E-state index contributed by atoms with van der Waals surface area (Å²) in [6, 6.07) is 21.5. The maximum atomic E-state index is 12.8. The number of rotatable bonds is 6. The van der Waals surface area contributed by atoms with Crippen molar-refractivity contribution < 1.29 is 18.7 Å². The molecule has 0 aliphatic carbocycles. The van der Waals surface area contributed by atoms with Gasteiger partial charge in [-0.2, -0.15) is 0 Å². The van der Waals surface area contributed by atoms with Crippen molar-refractivity contribution in [1.82, 2.24) is 14.8 Å². The fourth-order valence-electron chi connectivity index (χ4n) is 4.25. The normalized spacial score (nSPS) is 14.2. The van der Waals surface area contributed by atoms with Crippen LogP contribution in [0.15, 0.2) is 71.1 Å². The number of fused-ring (bicyclic) bond motifs is 1. The lowest BCUT2D eigenvalue weighted by Gasteiger charge is -2.34. The van der Waals surface area contributed by atoms with E-state index in [1.165, 1.54) is 0 Å². The number of hydrogen-bond acceptors (Lipinski definition) is 6. The molecular weight excluding hydrogens is 444 g/mol. The lowest BCUT2D eigenvalue weighted by Crippen LogP contribution is -2.49. The summed E-state index contributed by atoms with van der Waals surface area (Å²) in [5.74, 6) is 1.91. The lowest BCUT2D eigenvalue weighted by molar-refractivity contribution is 0.136. The third-order valence-electron chi connectivity index (χ3n) is 6.21. The number of urea groups is 1. The molecule has 4 aromatic rings. The van der Waals surface area contributed by atoms with Crippen LogP contribution in [0.5, 0.6) is 11.5 Å². The summed E-state index contributed by atoms with van der Waals surface area (Å²) in [5, 5.41) is 2.94. The van der Waals surface area contributed by atoms with Gasteiger partial charge in [0.25, 0.3) is 0 Å². The van der Waals surface area contributed by atoms with Crippen molar-refractivity contribution in [2.75, 3.05) is 45.7 Å². The second-order valence-electron chi connectivity index (χ2n) is 8.42. The van der Waals surface area contributed by atoms with Crippen molar-refractivity contribution in [2.24, 2.45) is 0 Å². The van der Waals surface area contributed by atoms with Gasteiger partial charge in [0.15, 0.2) is 5.58 Å². The molecular formula is C27H28N4O4. The van der Waals surface area contributed by atoms with Crippen LogP contribution in [0.3, 0.4) is 0 Å². The van der Waals surface area contributed by atoms with E-state index in [1.54, 1.807) is 37.3 Å².